The zero-order valence-corrected chi connectivity index (χ0v) is 32.5. The molecule has 278 valence electrons. The number of rotatable bonds is 6. The van der Waals surface area contributed by atoms with E-state index in [1.54, 1.807) is 0 Å². The van der Waals surface area contributed by atoms with Crippen molar-refractivity contribution in [3.8, 4) is 67.3 Å². The Morgan fingerprint density at radius 1 is 0.317 bits per heavy atom. The van der Waals surface area contributed by atoms with Gasteiger partial charge in [0.1, 0.15) is 0 Å². The Kier molecular flexibility index (Phi) is 8.54. The largest absolute Gasteiger partial charge is 0.238 e. The first kappa shape index (κ1) is 35.0. The van der Waals surface area contributed by atoms with E-state index in [-0.39, 0.29) is 0 Å². The molecular formula is C57H35N3. The van der Waals surface area contributed by atoms with Crippen LogP contribution in [0.15, 0.2) is 212 Å². The fourth-order valence-electron chi connectivity index (χ4n) is 8.67. The van der Waals surface area contributed by atoms with Crippen LogP contribution in [-0.4, -0.2) is 9.97 Å². The Hall–Kier alpha value is -8.19. The predicted molar refractivity (Wildman–Crippen MR) is 251 cm³/mol. The topological polar surface area (TPSA) is 30.1 Å². The fraction of sp³-hybridized carbons (Fsp3) is 0. The summed E-state index contributed by atoms with van der Waals surface area (Å²) in [7, 11) is 0. The molecule has 60 heavy (non-hydrogen) atoms. The van der Waals surface area contributed by atoms with Gasteiger partial charge in [0.25, 0.3) is 0 Å². The third-order valence-electron chi connectivity index (χ3n) is 11.7. The smallest absolute Gasteiger partial charge is 0.187 e. The molecule has 0 radical (unpaired) electrons. The molecule has 0 spiro atoms. The van der Waals surface area contributed by atoms with Gasteiger partial charge in [-0.1, -0.05) is 188 Å². The van der Waals surface area contributed by atoms with Crippen molar-refractivity contribution in [2.24, 2.45) is 0 Å². The van der Waals surface area contributed by atoms with Gasteiger partial charge < -0.3 is 0 Å². The third-order valence-corrected chi connectivity index (χ3v) is 11.7. The van der Waals surface area contributed by atoms with E-state index in [9.17, 15) is 0 Å². The molecular weight excluding hydrogens is 727 g/mol. The summed E-state index contributed by atoms with van der Waals surface area (Å²) in [5.74, 6) is 0.671. The van der Waals surface area contributed by atoms with E-state index in [0.29, 0.717) is 11.5 Å². The first-order valence-electron chi connectivity index (χ1n) is 20.2. The van der Waals surface area contributed by atoms with Gasteiger partial charge in [0.2, 0.25) is 0 Å². The van der Waals surface area contributed by atoms with Crippen LogP contribution in [0.3, 0.4) is 0 Å². The normalized spacial score (nSPS) is 11.3. The number of benzene rings is 10. The molecule has 0 saturated heterocycles. The maximum absolute atomic E-state index is 7.41. The summed E-state index contributed by atoms with van der Waals surface area (Å²) in [6, 6.07) is 74.9. The second kappa shape index (κ2) is 14.6. The Balaban J connectivity index is 0.963. The van der Waals surface area contributed by atoms with E-state index in [2.05, 4.69) is 163 Å². The molecule has 1 heterocycles. The van der Waals surface area contributed by atoms with Crippen LogP contribution in [0.4, 0.5) is 5.69 Å². The molecule has 11 aromatic rings. The van der Waals surface area contributed by atoms with Crippen LogP contribution >= 0.6 is 0 Å². The summed E-state index contributed by atoms with van der Waals surface area (Å²) in [4.78, 5) is 13.9. The Morgan fingerprint density at radius 2 is 0.900 bits per heavy atom. The van der Waals surface area contributed by atoms with Crippen molar-refractivity contribution in [2.45, 2.75) is 0 Å². The van der Waals surface area contributed by atoms with Crippen molar-refractivity contribution < 1.29 is 0 Å². The summed E-state index contributed by atoms with van der Waals surface area (Å²) in [6.07, 6.45) is 0. The minimum Gasteiger partial charge on any atom is -0.238 e. The second-order valence-electron chi connectivity index (χ2n) is 15.2. The average Bonchev–Trinajstić information content (AvgIpc) is 3.33. The van der Waals surface area contributed by atoms with Crippen LogP contribution in [0.5, 0.6) is 0 Å². The molecule has 0 aliphatic rings. The van der Waals surface area contributed by atoms with Gasteiger partial charge in [0, 0.05) is 16.7 Å². The first-order valence-corrected chi connectivity index (χ1v) is 20.2. The Bertz CT molecular complexity index is 3470. The number of hydrogen-bond donors (Lipinski definition) is 0. The third kappa shape index (κ3) is 6.25. The highest BCUT2D eigenvalue weighted by atomic mass is 14.9. The fourth-order valence-corrected chi connectivity index (χ4v) is 8.67. The maximum atomic E-state index is 7.41. The van der Waals surface area contributed by atoms with E-state index in [4.69, 9.17) is 16.5 Å². The van der Waals surface area contributed by atoms with Crippen LogP contribution < -0.4 is 0 Å². The SMILES string of the molecule is [C-]#[N+]c1ccc(-c2ccccc2-c2cc(-c3ccc4cc(-c5ccc(-c6c7ccccc7cc7c6ccc6ccccc67)cc5)ccc4c3)nc(-c3ccccc3)n2)cc1. The van der Waals surface area contributed by atoms with Crippen molar-refractivity contribution in [1.82, 2.24) is 9.97 Å². The lowest BCUT2D eigenvalue weighted by Gasteiger charge is -2.15. The summed E-state index contributed by atoms with van der Waals surface area (Å²) in [5.41, 5.74) is 12.2. The summed E-state index contributed by atoms with van der Waals surface area (Å²) < 4.78 is 0. The molecule has 3 heteroatoms. The summed E-state index contributed by atoms with van der Waals surface area (Å²) >= 11 is 0. The standard InChI is InChI=1S/C57H35N3/c1-58-47-30-27-39(28-31-47)48-15-9-10-18-51(48)55-36-54(59-57(60-55)41-12-3-2-4-13-41)46-26-25-43-33-42(23-24-44(43)34-46)37-19-21-40(22-20-37)56-50-17-8-6-14-45(50)35-53-49-16-7-5-11-38(49)29-32-52(53)56/h2-36H. The molecule has 0 fully saturated rings. The summed E-state index contributed by atoms with van der Waals surface area (Å²) in [5, 5.41) is 9.90. The minimum absolute atomic E-state index is 0.618. The highest BCUT2D eigenvalue weighted by Gasteiger charge is 2.16. The number of hydrogen-bond acceptors (Lipinski definition) is 2. The van der Waals surface area contributed by atoms with Crippen LogP contribution in [-0.2, 0) is 0 Å². The average molecular weight is 762 g/mol. The van der Waals surface area contributed by atoms with Crippen molar-refractivity contribution >= 4 is 48.8 Å². The van der Waals surface area contributed by atoms with Crippen molar-refractivity contribution in [3.05, 3.63) is 224 Å². The minimum atomic E-state index is 0.618. The number of fused-ring (bicyclic) bond motifs is 5. The van der Waals surface area contributed by atoms with Crippen LogP contribution in [0.1, 0.15) is 0 Å². The van der Waals surface area contributed by atoms with Gasteiger partial charge in [-0.3, -0.25) is 0 Å². The summed E-state index contributed by atoms with van der Waals surface area (Å²) in [6.45, 7) is 7.41. The molecule has 0 unspecified atom stereocenters. The van der Waals surface area contributed by atoms with Gasteiger partial charge in [-0.05, 0) is 101 Å². The lowest BCUT2D eigenvalue weighted by Crippen LogP contribution is -1.97. The van der Waals surface area contributed by atoms with Crippen molar-refractivity contribution in [2.75, 3.05) is 0 Å². The molecule has 1 aromatic heterocycles. The quantitative estimate of drug-likeness (QED) is 0.0959. The molecule has 0 N–H and O–H groups in total. The Labute approximate surface area is 348 Å². The molecule has 0 bridgehead atoms. The molecule has 0 saturated carbocycles. The van der Waals surface area contributed by atoms with E-state index in [1.807, 2.05) is 54.6 Å². The zero-order chi connectivity index (χ0) is 40.0. The molecule has 0 amide bonds. The van der Waals surface area contributed by atoms with Crippen LogP contribution in [0.25, 0.3) is 115 Å². The van der Waals surface area contributed by atoms with E-state index >= 15 is 0 Å². The second-order valence-corrected chi connectivity index (χ2v) is 15.2. The molecule has 0 aliphatic carbocycles. The first-order chi connectivity index (χ1) is 29.7. The van der Waals surface area contributed by atoms with E-state index < -0.39 is 0 Å². The molecule has 10 aromatic carbocycles. The lowest BCUT2D eigenvalue weighted by atomic mass is 9.89. The van der Waals surface area contributed by atoms with Crippen LogP contribution in [0, 0.1) is 6.57 Å². The molecule has 0 atom stereocenters. The number of nitrogens with zero attached hydrogens (tertiary/aromatic N) is 3. The van der Waals surface area contributed by atoms with Gasteiger partial charge in [0.15, 0.2) is 11.5 Å². The van der Waals surface area contributed by atoms with Gasteiger partial charge in [0.05, 0.1) is 18.0 Å². The monoisotopic (exact) mass is 761 g/mol. The van der Waals surface area contributed by atoms with Crippen molar-refractivity contribution in [3.63, 3.8) is 0 Å². The highest BCUT2D eigenvalue weighted by Crippen LogP contribution is 2.41. The molecule has 11 rings (SSSR count). The van der Waals surface area contributed by atoms with Gasteiger partial charge in [-0.15, -0.1) is 0 Å². The molecule has 3 nitrogen and oxygen atoms in total. The number of aromatic nitrogens is 2. The van der Waals surface area contributed by atoms with E-state index in [0.717, 1.165) is 50.0 Å². The predicted octanol–water partition coefficient (Wildman–Crippen LogP) is 15.6. The van der Waals surface area contributed by atoms with Gasteiger partial charge >= 0.3 is 0 Å². The maximum Gasteiger partial charge on any atom is 0.187 e. The lowest BCUT2D eigenvalue weighted by molar-refractivity contribution is 1.18. The van der Waals surface area contributed by atoms with E-state index in [1.165, 1.54) is 54.6 Å². The van der Waals surface area contributed by atoms with Gasteiger partial charge in [-0.2, -0.15) is 0 Å². The van der Waals surface area contributed by atoms with Crippen LogP contribution in [0.2, 0.25) is 0 Å². The van der Waals surface area contributed by atoms with Gasteiger partial charge in [-0.25, -0.2) is 14.8 Å². The highest BCUT2D eigenvalue weighted by molar-refractivity contribution is 6.20. The molecule has 0 aliphatic heterocycles. The van der Waals surface area contributed by atoms with Crippen molar-refractivity contribution in [1.29, 1.82) is 0 Å². The Morgan fingerprint density at radius 3 is 1.68 bits per heavy atom. The zero-order valence-electron chi connectivity index (χ0n) is 32.5.